The maximum absolute atomic E-state index is 13.1. The fourth-order valence-corrected chi connectivity index (χ4v) is 2.39. The van der Waals surface area contributed by atoms with E-state index in [1.807, 2.05) is 0 Å². The molecule has 0 saturated carbocycles. The molecule has 120 valence electrons. The van der Waals surface area contributed by atoms with Crippen LogP contribution in [-0.4, -0.2) is 11.0 Å². The molecule has 0 spiro atoms. The number of carbonyl (C=O) groups excluding carboxylic acids is 1. The van der Waals surface area contributed by atoms with E-state index in [0.717, 1.165) is 5.56 Å². The third-order valence-electron chi connectivity index (χ3n) is 3.34. The van der Waals surface area contributed by atoms with E-state index in [0.29, 0.717) is 29.0 Å². The molecule has 1 amide bonds. The van der Waals surface area contributed by atoms with Gasteiger partial charge in [-0.25, -0.2) is 4.39 Å². The summed E-state index contributed by atoms with van der Waals surface area (Å²) in [5.74, 6) is -0.564. The Balaban J connectivity index is 2.10. The van der Waals surface area contributed by atoms with E-state index in [2.05, 4.69) is 11.9 Å². The monoisotopic (exact) mass is 333 g/mol. The maximum atomic E-state index is 13.1. The highest BCUT2D eigenvalue weighted by Gasteiger charge is 2.12. The van der Waals surface area contributed by atoms with Crippen molar-refractivity contribution in [1.82, 2.24) is 5.32 Å². The molecule has 5 heteroatoms. The van der Waals surface area contributed by atoms with E-state index in [4.69, 9.17) is 11.6 Å². The Morgan fingerprint density at radius 1 is 1.26 bits per heavy atom. The molecule has 0 fully saturated rings. The number of rotatable bonds is 6. The van der Waals surface area contributed by atoms with Gasteiger partial charge in [-0.05, 0) is 47.9 Å². The van der Waals surface area contributed by atoms with E-state index in [1.54, 1.807) is 30.3 Å². The lowest BCUT2D eigenvalue weighted by molar-refractivity contribution is 0.0950. The summed E-state index contributed by atoms with van der Waals surface area (Å²) in [7, 11) is 0. The van der Waals surface area contributed by atoms with Crippen molar-refractivity contribution in [2.75, 3.05) is 0 Å². The lowest BCUT2D eigenvalue weighted by Crippen LogP contribution is -2.24. The molecule has 3 nitrogen and oxygen atoms in total. The second-order valence-corrected chi connectivity index (χ2v) is 5.62. The van der Waals surface area contributed by atoms with E-state index < -0.39 is 0 Å². The summed E-state index contributed by atoms with van der Waals surface area (Å²) in [6.45, 7) is 3.67. The molecule has 0 saturated heterocycles. The second-order valence-electron chi connectivity index (χ2n) is 5.18. The number of aliphatic hydroxyl groups is 1. The highest BCUT2D eigenvalue weighted by molar-refractivity contribution is 6.30. The van der Waals surface area contributed by atoms with Gasteiger partial charge in [-0.15, -0.1) is 0 Å². The number of hydrogen-bond acceptors (Lipinski definition) is 2. The zero-order valence-corrected chi connectivity index (χ0v) is 13.2. The number of carbonyl (C=O) groups is 1. The SMILES string of the molecule is C=C(O)CCc1cc(Cl)ccc1C(=O)NCc1cccc(F)c1. The molecule has 0 aromatic heterocycles. The number of allylic oxidation sites excluding steroid dienone is 1. The van der Waals surface area contributed by atoms with Gasteiger partial charge in [0, 0.05) is 23.6 Å². The molecule has 0 bridgehead atoms. The summed E-state index contributed by atoms with van der Waals surface area (Å²) in [6.07, 6.45) is 0.809. The maximum Gasteiger partial charge on any atom is 0.251 e. The third kappa shape index (κ3) is 5.11. The zero-order chi connectivity index (χ0) is 16.8. The van der Waals surface area contributed by atoms with Gasteiger partial charge in [0.05, 0.1) is 5.76 Å². The van der Waals surface area contributed by atoms with Crippen LogP contribution >= 0.6 is 11.6 Å². The van der Waals surface area contributed by atoms with Crippen LogP contribution in [-0.2, 0) is 13.0 Å². The summed E-state index contributed by atoms with van der Waals surface area (Å²) in [4.78, 5) is 12.3. The Morgan fingerprint density at radius 2 is 2.04 bits per heavy atom. The number of hydrogen-bond donors (Lipinski definition) is 2. The van der Waals surface area contributed by atoms with Crippen molar-refractivity contribution >= 4 is 17.5 Å². The molecule has 0 unspecified atom stereocenters. The first kappa shape index (κ1) is 17.0. The molecule has 0 aliphatic rings. The van der Waals surface area contributed by atoms with Gasteiger partial charge in [0.2, 0.25) is 0 Å². The van der Waals surface area contributed by atoms with E-state index in [-0.39, 0.29) is 24.0 Å². The van der Waals surface area contributed by atoms with Gasteiger partial charge < -0.3 is 10.4 Å². The van der Waals surface area contributed by atoms with Gasteiger partial charge in [-0.2, -0.15) is 0 Å². The number of nitrogens with one attached hydrogen (secondary N) is 1. The number of aliphatic hydroxyl groups excluding tert-OH is 1. The van der Waals surface area contributed by atoms with Crippen LogP contribution in [0.4, 0.5) is 4.39 Å². The van der Waals surface area contributed by atoms with Crippen LogP contribution in [0, 0.1) is 5.82 Å². The number of halogens is 2. The fourth-order valence-electron chi connectivity index (χ4n) is 2.19. The van der Waals surface area contributed by atoms with Gasteiger partial charge in [0.25, 0.3) is 5.91 Å². The first-order valence-electron chi connectivity index (χ1n) is 7.13. The molecule has 2 aromatic carbocycles. The lowest BCUT2D eigenvalue weighted by Gasteiger charge is -2.11. The van der Waals surface area contributed by atoms with E-state index >= 15 is 0 Å². The predicted molar refractivity (Wildman–Crippen MR) is 89.1 cm³/mol. The first-order valence-corrected chi connectivity index (χ1v) is 7.51. The van der Waals surface area contributed by atoms with Crippen LogP contribution < -0.4 is 5.32 Å². The van der Waals surface area contributed by atoms with Gasteiger partial charge in [0.1, 0.15) is 5.82 Å². The molecule has 23 heavy (non-hydrogen) atoms. The number of aryl methyl sites for hydroxylation is 1. The fraction of sp³-hybridized carbons (Fsp3) is 0.167. The third-order valence-corrected chi connectivity index (χ3v) is 3.57. The summed E-state index contributed by atoms with van der Waals surface area (Å²) in [5.41, 5.74) is 1.88. The van der Waals surface area contributed by atoms with Crippen LogP contribution in [0.15, 0.2) is 54.8 Å². The quantitative estimate of drug-likeness (QED) is 0.769. The van der Waals surface area contributed by atoms with Gasteiger partial charge in [-0.1, -0.05) is 30.3 Å². The normalized spacial score (nSPS) is 10.3. The largest absolute Gasteiger partial charge is 0.513 e. The molecular weight excluding hydrogens is 317 g/mol. The highest BCUT2D eigenvalue weighted by atomic mass is 35.5. The van der Waals surface area contributed by atoms with E-state index in [1.165, 1.54) is 12.1 Å². The van der Waals surface area contributed by atoms with Gasteiger partial charge >= 0.3 is 0 Å². The predicted octanol–water partition coefficient (Wildman–Crippen LogP) is 4.41. The Hall–Kier alpha value is -2.33. The van der Waals surface area contributed by atoms with Crippen molar-refractivity contribution in [2.24, 2.45) is 0 Å². The topological polar surface area (TPSA) is 49.3 Å². The molecule has 0 aliphatic heterocycles. The number of benzene rings is 2. The van der Waals surface area contributed by atoms with Gasteiger partial charge in [-0.3, -0.25) is 4.79 Å². The van der Waals surface area contributed by atoms with Gasteiger partial charge in [0.15, 0.2) is 0 Å². The zero-order valence-electron chi connectivity index (χ0n) is 12.5. The summed E-state index contributed by atoms with van der Waals surface area (Å²) in [6, 6.07) is 11.0. The minimum atomic E-state index is -0.342. The second kappa shape index (κ2) is 7.79. The Morgan fingerprint density at radius 3 is 2.74 bits per heavy atom. The van der Waals surface area contributed by atoms with E-state index in [9.17, 15) is 14.3 Å². The Kier molecular flexibility index (Phi) is 5.77. The summed E-state index contributed by atoms with van der Waals surface area (Å²) < 4.78 is 13.1. The molecule has 0 aliphatic carbocycles. The van der Waals surface area contributed by atoms with Crippen molar-refractivity contribution in [1.29, 1.82) is 0 Å². The minimum absolute atomic E-state index is 0.0519. The average Bonchev–Trinajstić information content (AvgIpc) is 2.51. The van der Waals surface area contributed by atoms with Crippen LogP contribution in [0.3, 0.4) is 0 Å². The van der Waals surface area contributed by atoms with Crippen molar-refractivity contribution < 1.29 is 14.3 Å². The van der Waals surface area contributed by atoms with Crippen LogP contribution in [0.5, 0.6) is 0 Å². The van der Waals surface area contributed by atoms with Crippen LogP contribution in [0.25, 0.3) is 0 Å². The average molecular weight is 334 g/mol. The molecule has 0 radical (unpaired) electrons. The number of amides is 1. The molecular formula is C18H17ClFNO2. The van der Waals surface area contributed by atoms with Crippen molar-refractivity contribution in [2.45, 2.75) is 19.4 Å². The van der Waals surface area contributed by atoms with Crippen molar-refractivity contribution in [3.05, 3.63) is 82.3 Å². The minimum Gasteiger partial charge on any atom is -0.513 e. The standard InChI is InChI=1S/C18H17ClFNO2/c1-12(22)5-6-14-10-15(19)7-8-17(14)18(23)21-11-13-3-2-4-16(20)9-13/h2-4,7-10,22H,1,5-6,11H2,(H,21,23). The lowest BCUT2D eigenvalue weighted by atomic mass is 10.0. The van der Waals surface area contributed by atoms with Crippen LogP contribution in [0.1, 0.15) is 27.9 Å². The highest BCUT2D eigenvalue weighted by Crippen LogP contribution is 2.19. The Bertz CT molecular complexity index is 731. The van der Waals surface area contributed by atoms with Crippen molar-refractivity contribution in [3.63, 3.8) is 0 Å². The first-order chi connectivity index (χ1) is 11.0. The molecule has 2 aromatic rings. The summed E-state index contributed by atoms with van der Waals surface area (Å²) >= 11 is 5.97. The molecule has 0 atom stereocenters. The molecule has 2 rings (SSSR count). The molecule has 2 N–H and O–H groups in total. The molecule has 0 heterocycles. The Labute approximate surface area is 139 Å². The van der Waals surface area contributed by atoms with Crippen LogP contribution in [0.2, 0.25) is 5.02 Å². The van der Waals surface area contributed by atoms with Crippen molar-refractivity contribution in [3.8, 4) is 0 Å². The summed E-state index contributed by atoms with van der Waals surface area (Å²) in [5, 5.41) is 12.5. The smallest absolute Gasteiger partial charge is 0.251 e.